The Bertz CT molecular complexity index is 1310. The molecule has 2 heterocycles. The Morgan fingerprint density at radius 1 is 1.07 bits per heavy atom. The molecule has 0 saturated carbocycles. The summed E-state index contributed by atoms with van der Waals surface area (Å²) in [4.78, 5) is 57.6. The normalized spacial score (nSPS) is 19.4. The average molecular weight is 621 g/mol. The topological polar surface area (TPSA) is 186 Å². The van der Waals surface area contributed by atoms with Crippen molar-refractivity contribution in [2.24, 2.45) is 27.8 Å². The van der Waals surface area contributed by atoms with Gasteiger partial charge in [0, 0.05) is 26.2 Å². The number of nitrogens with zero attached hydrogens (tertiary/aromatic N) is 4. The van der Waals surface area contributed by atoms with E-state index in [1.54, 1.807) is 18.7 Å². The molecule has 0 aliphatic carbocycles. The highest BCUT2D eigenvalue weighted by Crippen LogP contribution is 2.27. The van der Waals surface area contributed by atoms with E-state index in [1.165, 1.54) is 16.3 Å². The van der Waals surface area contributed by atoms with Gasteiger partial charge in [0.15, 0.2) is 5.96 Å². The van der Waals surface area contributed by atoms with Crippen LogP contribution in [0.1, 0.15) is 51.5 Å². The van der Waals surface area contributed by atoms with Gasteiger partial charge in [0.05, 0.1) is 25.2 Å². The number of esters is 1. The molecule has 2 aliphatic heterocycles. The third kappa shape index (κ3) is 8.99. The van der Waals surface area contributed by atoms with Gasteiger partial charge >= 0.3 is 5.97 Å². The number of piperidine rings is 1. The third-order valence-electron chi connectivity index (χ3n) is 8.18. The zero-order chi connectivity index (χ0) is 31.9. The molecule has 1 aromatic rings. The van der Waals surface area contributed by atoms with Crippen LogP contribution in [-0.4, -0.2) is 104 Å². The zero-order valence-corrected chi connectivity index (χ0v) is 26.2. The lowest BCUT2D eigenvalue weighted by Crippen LogP contribution is -2.56. The lowest BCUT2D eigenvalue weighted by atomic mass is 9.88. The van der Waals surface area contributed by atoms with Crippen LogP contribution < -0.4 is 11.5 Å². The molecule has 0 unspecified atom stereocenters. The lowest BCUT2D eigenvalue weighted by molar-refractivity contribution is -0.146. The number of hydrogen-bond acceptors (Lipinski definition) is 7. The largest absolute Gasteiger partial charge is 0.469 e. The highest BCUT2D eigenvalue weighted by Gasteiger charge is 2.42. The van der Waals surface area contributed by atoms with E-state index in [2.05, 4.69) is 9.73 Å². The summed E-state index contributed by atoms with van der Waals surface area (Å²) in [5.74, 6) is -2.17. The number of aliphatic imine (C=N–C) groups is 1. The second kappa shape index (κ2) is 14.3. The summed E-state index contributed by atoms with van der Waals surface area (Å²) in [6.07, 6.45) is 3.25. The summed E-state index contributed by atoms with van der Waals surface area (Å²) in [6, 6.07) is 7.36. The van der Waals surface area contributed by atoms with E-state index < -0.39 is 51.2 Å². The maximum Gasteiger partial charge on any atom is 0.306 e. The van der Waals surface area contributed by atoms with Gasteiger partial charge in [0.25, 0.3) is 5.91 Å². The third-order valence-corrected chi connectivity index (χ3v) is 9.44. The summed E-state index contributed by atoms with van der Waals surface area (Å²) >= 11 is 0. The van der Waals surface area contributed by atoms with Gasteiger partial charge in [-0.05, 0) is 43.6 Å². The molecule has 0 aromatic heterocycles. The number of guanidine groups is 1. The van der Waals surface area contributed by atoms with Crippen molar-refractivity contribution in [2.45, 2.75) is 64.5 Å². The van der Waals surface area contributed by atoms with Crippen LogP contribution in [0.4, 0.5) is 0 Å². The molecule has 2 atom stereocenters. The fourth-order valence-corrected chi connectivity index (χ4v) is 6.70. The predicted molar refractivity (Wildman–Crippen MR) is 161 cm³/mol. The number of nitrogens with two attached hydrogens (primary N) is 2. The minimum Gasteiger partial charge on any atom is -0.469 e. The van der Waals surface area contributed by atoms with Crippen LogP contribution in [-0.2, 0) is 40.4 Å². The molecule has 0 bridgehead atoms. The molecule has 14 heteroatoms. The minimum atomic E-state index is -3.85. The molecule has 238 valence electrons. The summed E-state index contributed by atoms with van der Waals surface area (Å²) in [7, 11) is -2.60. The molecule has 13 nitrogen and oxygen atoms in total. The standard InChI is InChI=1S/C29H44N6O7S/c1-29(2,18-24(36)42-3)27(39)32-28(31)33-15-12-21(13-16-33)19-35(43(4,40)41)23(17-20-9-6-5-7-10-20)26(38)34-14-8-11-22(34)25(30)37/h5-7,9-10,21-23H,8,11-19H2,1-4H3,(H2,30,37)(H2,31,32,39)/t22-,23+/m0/s1. The van der Waals surface area contributed by atoms with Crippen LogP contribution in [0, 0.1) is 11.3 Å². The Morgan fingerprint density at radius 2 is 1.70 bits per heavy atom. The molecule has 1 aromatic carbocycles. The molecule has 2 fully saturated rings. The Labute approximate surface area is 253 Å². The van der Waals surface area contributed by atoms with Gasteiger partial charge in [-0.15, -0.1) is 0 Å². The van der Waals surface area contributed by atoms with Crippen LogP contribution >= 0.6 is 0 Å². The number of sulfonamides is 1. The van der Waals surface area contributed by atoms with Crippen molar-refractivity contribution in [3.05, 3.63) is 35.9 Å². The quantitative estimate of drug-likeness (QED) is 0.202. The summed E-state index contributed by atoms with van der Waals surface area (Å²) < 4.78 is 32.3. The first-order valence-corrected chi connectivity index (χ1v) is 16.3. The number of rotatable bonds is 11. The first kappa shape index (κ1) is 34.0. The monoisotopic (exact) mass is 620 g/mol. The van der Waals surface area contributed by atoms with Gasteiger partial charge in [0.2, 0.25) is 21.8 Å². The first-order valence-electron chi connectivity index (χ1n) is 14.4. The molecule has 2 saturated heterocycles. The lowest BCUT2D eigenvalue weighted by Gasteiger charge is -2.38. The van der Waals surface area contributed by atoms with Crippen molar-refractivity contribution < 1.29 is 32.3 Å². The maximum atomic E-state index is 13.9. The van der Waals surface area contributed by atoms with Crippen molar-refractivity contribution in [1.82, 2.24) is 14.1 Å². The number of likely N-dealkylation sites (tertiary alicyclic amines) is 2. The number of benzene rings is 1. The van der Waals surface area contributed by atoms with Crippen molar-refractivity contribution in [3.8, 4) is 0 Å². The van der Waals surface area contributed by atoms with Crippen LogP contribution in [0.2, 0.25) is 0 Å². The van der Waals surface area contributed by atoms with Gasteiger partial charge in [0.1, 0.15) is 12.1 Å². The molecule has 0 spiro atoms. The number of primary amides is 1. The van der Waals surface area contributed by atoms with Gasteiger partial charge in [-0.25, -0.2) is 8.42 Å². The summed E-state index contributed by atoms with van der Waals surface area (Å²) in [5, 5.41) is 0. The van der Waals surface area contributed by atoms with E-state index in [0.29, 0.717) is 45.3 Å². The Hall–Kier alpha value is -3.52. The molecule has 2 aliphatic rings. The van der Waals surface area contributed by atoms with Crippen molar-refractivity contribution >= 4 is 39.7 Å². The van der Waals surface area contributed by atoms with E-state index in [0.717, 1.165) is 11.8 Å². The Balaban J connectivity index is 1.77. The van der Waals surface area contributed by atoms with Crippen LogP contribution in [0.3, 0.4) is 0 Å². The molecule has 3 amide bonds. The number of carbonyl (C=O) groups is 4. The molecule has 3 rings (SSSR count). The van der Waals surface area contributed by atoms with Crippen molar-refractivity contribution in [3.63, 3.8) is 0 Å². The highest BCUT2D eigenvalue weighted by atomic mass is 32.2. The number of hydrogen-bond donors (Lipinski definition) is 2. The minimum absolute atomic E-state index is 0.0324. The van der Waals surface area contributed by atoms with E-state index >= 15 is 0 Å². The number of methoxy groups -OCH3 is 1. The number of carbonyl (C=O) groups excluding carboxylic acids is 4. The molecule has 0 radical (unpaired) electrons. The predicted octanol–water partition coefficient (Wildman–Crippen LogP) is 0.478. The van der Waals surface area contributed by atoms with Gasteiger partial charge in [-0.1, -0.05) is 44.2 Å². The fourth-order valence-electron chi connectivity index (χ4n) is 5.59. The van der Waals surface area contributed by atoms with E-state index in [4.69, 9.17) is 11.5 Å². The Kier molecular flexibility index (Phi) is 11.3. The van der Waals surface area contributed by atoms with Gasteiger partial charge < -0.3 is 26.0 Å². The van der Waals surface area contributed by atoms with Gasteiger partial charge in [-0.2, -0.15) is 9.30 Å². The average Bonchev–Trinajstić information content (AvgIpc) is 3.45. The Morgan fingerprint density at radius 3 is 2.26 bits per heavy atom. The second-order valence-corrected chi connectivity index (χ2v) is 13.9. The van der Waals surface area contributed by atoms with Crippen molar-refractivity contribution in [1.29, 1.82) is 0 Å². The maximum absolute atomic E-state index is 13.9. The number of ether oxygens (including phenoxy) is 1. The SMILES string of the molecule is COC(=O)CC(C)(C)C(=O)N=C(N)N1CCC(CN([C@H](Cc2ccccc2)C(=O)N2CCC[C@H]2C(N)=O)S(C)(=O)=O)CC1. The molecule has 4 N–H and O–H groups in total. The van der Waals surface area contributed by atoms with Crippen LogP contribution in [0.25, 0.3) is 0 Å². The van der Waals surface area contributed by atoms with E-state index in [1.807, 2.05) is 30.3 Å². The van der Waals surface area contributed by atoms with Crippen LogP contribution in [0.5, 0.6) is 0 Å². The highest BCUT2D eigenvalue weighted by molar-refractivity contribution is 7.88. The second-order valence-electron chi connectivity index (χ2n) is 12.0. The summed E-state index contributed by atoms with van der Waals surface area (Å²) in [5.41, 5.74) is 11.4. The first-order chi connectivity index (χ1) is 20.1. The van der Waals surface area contributed by atoms with E-state index in [-0.39, 0.29) is 31.3 Å². The van der Waals surface area contributed by atoms with E-state index in [9.17, 15) is 27.6 Å². The zero-order valence-electron chi connectivity index (χ0n) is 25.4. The molecule has 43 heavy (non-hydrogen) atoms. The van der Waals surface area contributed by atoms with Crippen molar-refractivity contribution in [2.75, 3.05) is 39.5 Å². The molecular weight excluding hydrogens is 576 g/mol. The summed E-state index contributed by atoms with van der Waals surface area (Å²) in [6.45, 7) is 4.48. The van der Waals surface area contributed by atoms with Crippen LogP contribution in [0.15, 0.2) is 35.3 Å². The molecular formula is C29H44N6O7S. The number of amides is 3. The fraction of sp³-hybridized carbons (Fsp3) is 0.621. The smallest absolute Gasteiger partial charge is 0.306 e. The van der Waals surface area contributed by atoms with Gasteiger partial charge in [-0.3, -0.25) is 19.2 Å².